The van der Waals surface area contributed by atoms with Crippen molar-refractivity contribution < 1.29 is 24.0 Å². The van der Waals surface area contributed by atoms with E-state index in [-0.39, 0.29) is 0 Å². The van der Waals surface area contributed by atoms with Crippen LogP contribution in [0.1, 0.15) is 39.0 Å². The molecular formula is C13H20O5. The number of methoxy groups -OCH3 is 1. The van der Waals surface area contributed by atoms with Gasteiger partial charge in [0.15, 0.2) is 0 Å². The van der Waals surface area contributed by atoms with Crippen LogP contribution in [0, 0.1) is 0 Å². The van der Waals surface area contributed by atoms with Crippen LogP contribution in [0.4, 0.5) is 0 Å². The molecule has 0 aromatic heterocycles. The molecule has 1 heterocycles. The van der Waals surface area contributed by atoms with Crippen LogP contribution in [0.5, 0.6) is 0 Å². The number of carbonyl (C=O) groups is 1. The first-order valence-electron chi connectivity index (χ1n) is 6.36. The van der Waals surface area contributed by atoms with Gasteiger partial charge in [-0.3, -0.25) is 0 Å². The summed E-state index contributed by atoms with van der Waals surface area (Å²) >= 11 is 0. The van der Waals surface area contributed by atoms with Gasteiger partial charge in [0, 0.05) is 25.3 Å². The van der Waals surface area contributed by atoms with E-state index < -0.39 is 17.4 Å². The summed E-state index contributed by atoms with van der Waals surface area (Å²) in [5.41, 5.74) is -0.652. The molecule has 102 valence electrons. The maximum Gasteiger partial charge on any atom is 0.330 e. The zero-order chi connectivity index (χ0) is 13.1. The molecule has 0 aromatic rings. The summed E-state index contributed by atoms with van der Waals surface area (Å²) in [6, 6.07) is 0. The summed E-state index contributed by atoms with van der Waals surface area (Å²) in [4.78, 5) is 22.1. The number of rotatable bonds is 2. The fourth-order valence-corrected chi connectivity index (χ4v) is 2.24. The summed E-state index contributed by atoms with van der Waals surface area (Å²) < 4.78 is 10.3. The average molecular weight is 256 g/mol. The van der Waals surface area contributed by atoms with Crippen LogP contribution in [-0.4, -0.2) is 31.1 Å². The first kappa shape index (κ1) is 13.5. The van der Waals surface area contributed by atoms with Gasteiger partial charge < -0.3 is 9.47 Å². The van der Waals surface area contributed by atoms with Crippen molar-refractivity contribution in [3.8, 4) is 0 Å². The minimum Gasteiger partial charge on any atom is -0.466 e. The van der Waals surface area contributed by atoms with Gasteiger partial charge in [-0.15, -0.1) is 0 Å². The molecule has 1 aliphatic carbocycles. The van der Waals surface area contributed by atoms with Gasteiger partial charge in [-0.05, 0) is 25.8 Å². The molecule has 1 saturated carbocycles. The molecule has 1 saturated heterocycles. The summed E-state index contributed by atoms with van der Waals surface area (Å²) in [5, 5.41) is 0. The normalized spacial score (nSPS) is 31.7. The SMILES string of the molecule is COC(=O)/C=C/C1(C)CCOC2(CCCC2)OO1. The highest BCUT2D eigenvalue weighted by atomic mass is 17.2. The van der Waals surface area contributed by atoms with Crippen LogP contribution < -0.4 is 0 Å². The molecule has 2 rings (SSSR count). The largest absolute Gasteiger partial charge is 0.466 e. The van der Waals surface area contributed by atoms with Gasteiger partial charge in [0.05, 0.1) is 13.7 Å². The van der Waals surface area contributed by atoms with Gasteiger partial charge in [-0.2, -0.15) is 0 Å². The molecule has 5 heteroatoms. The Morgan fingerprint density at radius 3 is 2.61 bits per heavy atom. The molecule has 0 N–H and O–H groups in total. The quantitative estimate of drug-likeness (QED) is 0.430. The Labute approximate surface area is 107 Å². The highest BCUT2D eigenvalue weighted by molar-refractivity contribution is 5.81. The number of ether oxygens (including phenoxy) is 2. The second kappa shape index (κ2) is 5.38. The van der Waals surface area contributed by atoms with Crippen molar-refractivity contribution in [2.75, 3.05) is 13.7 Å². The Kier molecular flexibility index (Phi) is 4.04. The molecule has 0 radical (unpaired) electrons. The van der Waals surface area contributed by atoms with Crippen LogP contribution >= 0.6 is 0 Å². The minimum absolute atomic E-state index is 0.402. The van der Waals surface area contributed by atoms with E-state index in [4.69, 9.17) is 14.5 Å². The molecule has 5 nitrogen and oxygen atoms in total. The summed E-state index contributed by atoms with van der Waals surface area (Å²) in [7, 11) is 1.34. The Morgan fingerprint density at radius 1 is 1.22 bits per heavy atom. The molecule has 1 unspecified atom stereocenters. The molecule has 1 atom stereocenters. The van der Waals surface area contributed by atoms with Crippen molar-refractivity contribution in [3.63, 3.8) is 0 Å². The minimum atomic E-state index is -0.652. The molecule has 0 aromatic carbocycles. The van der Waals surface area contributed by atoms with E-state index in [9.17, 15) is 4.79 Å². The lowest BCUT2D eigenvalue weighted by atomic mass is 10.0. The molecule has 18 heavy (non-hydrogen) atoms. The molecule has 2 fully saturated rings. The predicted molar refractivity (Wildman–Crippen MR) is 63.5 cm³/mol. The summed E-state index contributed by atoms with van der Waals surface area (Å²) in [6.07, 6.45) is 7.58. The van der Waals surface area contributed by atoms with E-state index in [1.54, 1.807) is 6.08 Å². The maximum atomic E-state index is 11.1. The third-order valence-corrected chi connectivity index (χ3v) is 3.49. The second-order valence-electron chi connectivity index (χ2n) is 5.05. The fourth-order valence-electron chi connectivity index (χ4n) is 2.24. The van der Waals surface area contributed by atoms with Crippen molar-refractivity contribution in [2.24, 2.45) is 0 Å². The zero-order valence-electron chi connectivity index (χ0n) is 10.9. The fraction of sp³-hybridized carbons (Fsp3) is 0.769. The third kappa shape index (κ3) is 3.10. The predicted octanol–water partition coefficient (Wildman–Crippen LogP) is 2.11. The molecule has 2 aliphatic rings. The standard InChI is InChI=1S/C13H20O5/c1-12(8-5-11(14)15-2)9-10-16-13(18-17-12)6-3-4-7-13/h5,8H,3-4,6-7,9-10H2,1-2H3/b8-5+. The lowest BCUT2D eigenvalue weighted by molar-refractivity contribution is -0.438. The lowest BCUT2D eigenvalue weighted by Crippen LogP contribution is -2.33. The zero-order valence-corrected chi connectivity index (χ0v) is 10.9. The molecule has 1 aliphatic heterocycles. The van der Waals surface area contributed by atoms with Gasteiger partial charge in [0.25, 0.3) is 0 Å². The van der Waals surface area contributed by atoms with Crippen LogP contribution in [-0.2, 0) is 24.0 Å². The average Bonchev–Trinajstić information content (AvgIpc) is 2.76. The van der Waals surface area contributed by atoms with Gasteiger partial charge in [-0.25, -0.2) is 14.6 Å². The van der Waals surface area contributed by atoms with E-state index in [2.05, 4.69) is 4.74 Å². The number of hydrogen-bond donors (Lipinski definition) is 0. The van der Waals surface area contributed by atoms with Gasteiger partial charge >= 0.3 is 5.97 Å². The maximum absolute atomic E-state index is 11.1. The molecule has 1 spiro atoms. The Hall–Kier alpha value is -0.910. The van der Waals surface area contributed by atoms with Gasteiger partial charge in [0.1, 0.15) is 5.60 Å². The van der Waals surface area contributed by atoms with Crippen molar-refractivity contribution in [2.45, 2.75) is 50.4 Å². The van der Waals surface area contributed by atoms with Crippen LogP contribution in [0.25, 0.3) is 0 Å². The van der Waals surface area contributed by atoms with Gasteiger partial charge in [-0.1, -0.05) is 0 Å². The Morgan fingerprint density at radius 2 is 1.94 bits per heavy atom. The Bertz CT molecular complexity index is 332. The number of esters is 1. The van der Waals surface area contributed by atoms with Crippen molar-refractivity contribution in [1.29, 1.82) is 0 Å². The number of hydrogen-bond acceptors (Lipinski definition) is 5. The topological polar surface area (TPSA) is 54.0 Å². The van der Waals surface area contributed by atoms with Gasteiger partial charge in [0.2, 0.25) is 5.79 Å². The van der Waals surface area contributed by atoms with Crippen LogP contribution in [0.3, 0.4) is 0 Å². The van der Waals surface area contributed by atoms with Crippen LogP contribution in [0.2, 0.25) is 0 Å². The molecule has 0 amide bonds. The van der Waals surface area contributed by atoms with E-state index in [0.29, 0.717) is 13.0 Å². The summed E-state index contributed by atoms with van der Waals surface area (Å²) in [6.45, 7) is 2.42. The van der Waals surface area contributed by atoms with Crippen molar-refractivity contribution in [1.82, 2.24) is 0 Å². The Balaban J connectivity index is 1.98. The molecular weight excluding hydrogens is 236 g/mol. The second-order valence-corrected chi connectivity index (χ2v) is 5.05. The monoisotopic (exact) mass is 256 g/mol. The first-order valence-corrected chi connectivity index (χ1v) is 6.36. The van der Waals surface area contributed by atoms with E-state index in [1.165, 1.54) is 13.2 Å². The smallest absolute Gasteiger partial charge is 0.330 e. The molecule has 0 bridgehead atoms. The highest BCUT2D eigenvalue weighted by Gasteiger charge is 2.42. The third-order valence-electron chi connectivity index (χ3n) is 3.49. The van der Waals surface area contributed by atoms with E-state index >= 15 is 0 Å². The highest BCUT2D eigenvalue weighted by Crippen LogP contribution is 2.38. The number of carbonyl (C=O) groups excluding carboxylic acids is 1. The van der Waals surface area contributed by atoms with Crippen LogP contribution in [0.15, 0.2) is 12.2 Å². The van der Waals surface area contributed by atoms with E-state index in [1.807, 2.05) is 6.92 Å². The van der Waals surface area contributed by atoms with Crippen molar-refractivity contribution >= 4 is 5.97 Å². The van der Waals surface area contributed by atoms with Crippen molar-refractivity contribution in [3.05, 3.63) is 12.2 Å². The van der Waals surface area contributed by atoms with E-state index in [0.717, 1.165) is 25.7 Å². The first-order chi connectivity index (χ1) is 8.58. The summed E-state index contributed by atoms with van der Waals surface area (Å²) in [5.74, 6) is -0.975. The lowest BCUT2D eigenvalue weighted by Gasteiger charge is -2.27.